The highest BCUT2D eigenvalue weighted by atomic mass is 32.1. The first-order valence-corrected chi connectivity index (χ1v) is 37.9. The Labute approximate surface area is 606 Å². The molecule has 0 radical (unpaired) electrons. The van der Waals surface area contributed by atoms with E-state index in [-0.39, 0.29) is 0 Å². The average molecular weight is 1430 g/mol. The molecule has 0 spiro atoms. The zero-order chi connectivity index (χ0) is 75.9. The van der Waals surface area contributed by atoms with Gasteiger partial charge in [-0.3, -0.25) is 9.36 Å². The minimum atomic E-state index is 0.301. The van der Waals surface area contributed by atoms with E-state index in [2.05, 4.69) is 294 Å². The SMILES string of the molecule is CC(C)c1ncn(C(C)C)n1.CC(C)c1ncn(C(C)C)n1.CC(C)c1nnc(C(C)C)s1.CC(C)c1nnn(C(C)C)n1.CC(C)c1nnn(C(C)C)n1.CC(C)c1noc(C(C)C)n1.CC(C)c1noc(C(C)C)n1.CC(C)c1nsc(C(C)C)n1.CC(C)c1nsc(C(C)C)n1. The van der Waals surface area contributed by atoms with Crippen LogP contribution < -0.4 is 0 Å². The molecule has 0 unspecified atom stereocenters. The molecule has 0 bridgehead atoms. The largest absolute Gasteiger partial charge is 0.339 e. The van der Waals surface area contributed by atoms with Gasteiger partial charge in [-0.25, -0.2) is 19.9 Å². The third-order valence-electron chi connectivity index (χ3n) is 13.3. The number of aromatic nitrogens is 24. The van der Waals surface area contributed by atoms with Crippen molar-refractivity contribution in [3.8, 4) is 0 Å². The first-order valence-electron chi connectivity index (χ1n) is 35.6. The fourth-order valence-electron chi connectivity index (χ4n) is 6.55. The van der Waals surface area contributed by atoms with Crippen LogP contribution in [0.3, 0.4) is 0 Å². The second-order valence-electron chi connectivity index (χ2n) is 29.6. The predicted octanol–water partition coefficient (Wildman–Crippen LogP) is 19.7. The molecule has 0 aliphatic rings. The zero-order valence-electron chi connectivity index (χ0n) is 67.3. The number of tetrazole rings is 2. The lowest BCUT2D eigenvalue weighted by atomic mass is 10.2. The van der Waals surface area contributed by atoms with Crippen LogP contribution in [-0.2, 0) is 0 Å². The highest BCUT2D eigenvalue weighted by molar-refractivity contribution is 7.11. The molecule has 99 heavy (non-hydrogen) atoms. The lowest BCUT2D eigenvalue weighted by Crippen LogP contribution is -2.05. The lowest BCUT2D eigenvalue weighted by Gasteiger charge is -2.02. The standard InChI is InChI=1S/2C8H15N3.2C8H14N2O.3C8H14N2S.2C7H14N4/c2*1-6(2)8-9-5-11(10-8)7(3)4;2*1-5(2)7-9-8(6(3)4)11-10-7;1-5(2)7-9-10-8(11-7)6(3)4;2*1-5(2)7-9-8(6(3)4)11-10-7;2*1-5(2)7-8-10-11(9-7)6(3)4/h2*5-7H,1-4H3;7*5-6H,1-4H3. The Morgan fingerprint density at radius 3 is 0.697 bits per heavy atom. The third-order valence-corrected chi connectivity index (χ3v) is 16.9. The van der Waals surface area contributed by atoms with Gasteiger partial charge in [0.15, 0.2) is 34.9 Å². The van der Waals surface area contributed by atoms with E-state index in [0.717, 1.165) is 78.4 Å². The molecule has 9 aromatic heterocycles. The summed E-state index contributed by atoms with van der Waals surface area (Å²) < 4.78 is 22.4. The highest BCUT2D eigenvalue weighted by Gasteiger charge is 2.16. The minimum Gasteiger partial charge on any atom is -0.339 e. The molecule has 0 aliphatic carbocycles. The van der Waals surface area contributed by atoms with Crippen LogP contribution in [0.15, 0.2) is 21.7 Å². The smallest absolute Gasteiger partial charge is 0.229 e. The summed E-state index contributed by atoms with van der Waals surface area (Å²) in [6.07, 6.45) is 3.58. The van der Waals surface area contributed by atoms with Crippen LogP contribution in [0.1, 0.15) is 435 Å². The van der Waals surface area contributed by atoms with E-state index < -0.39 is 0 Å². The maximum Gasteiger partial charge on any atom is 0.229 e. The average Bonchev–Trinajstić information content (AvgIpc) is 1.91. The molecule has 0 amide bonds. The van der Waals surface area contributed by atoms with Crippen LogP contribution >= 0.6 is 34.4 Å². The molecular weight excluding hydrogens is 1310 g/mol. The van der Waals surface area contributed by atoms with Crippen LogP contribution in [0.25, 0.3) is 0 Å². The molecule has 9 aromatic rings. The predicted molar refractivity (Wildman–Crippen MR) is 403 cm³/mol. The maximum atomic E-state index is 5.03. The fourth-order valence-corrected chi connectivity index (χ4v) is 8.97. The summed E-state index contributed by atoms with van der Waals surface area (Å²) >= 11 is 4.78. The van der Waals surface area contributed by atoms with E-state index in [9.17, 15) is 0 Å². The Kier molecular flexibility index (Phi) is 41.4. The van der Waals surface area contributed by atoms with Crippen LogP contribution in [0, 0.1) is 0 Å². The molecule has 0 aromatic carbocycles. The van der Waals surface area contributed by atoms with E-state index >= 15 is 0 Å². The number of nitrogens with zero attached hydrogens (tertiary/aromatic N) is 24. The van der Waals surface area contributed by atoms with Crippen LogP contribution in [0.4, 0.5) is 0 Å². The van der Waals surface area contributed by atoms with E-state index in [4.69, 9.17) is 9.05 Å². The molecule has 0 atom stereocenters. The monoisotopic (exact) mass is 1430 g/mol. The van der Waals surface area contributed by atoms with E-state index in [1.54, 1.807) is 33.6 Å². The van der Waals surface area contributed by atoms with Crippen molar-refractivity contribution in [1.82, 2.24) is 119 Å². The third kappa shape index (κ3) is 34.1. The van der Waals surface area contributed by atoms with E-state index in [1.165, 1.54) is 23.1 Å². The molecule has 0 saturated heterocycles. The van der Waals surface area contributed by atoms with Crippen LogP contribution in [0.5, 0.6) is 0 Å². The summed E-state index contributed by atoms with van der Waals surface area (Å²) in [6, 6.07) is 1.43. The van der Waals surface area contributed by atoms with Gasteiger partial charge in [-0.05, 0) is 88.9 Å². The zero-order valence-corrected chi connectivity index (χ0v) is 69.8. The van der Waals surface area contributed by atoms with Crippen molar-refractivity contribution < 1.29 is 9.05 Å². The maximum absolute atomic E-state index is 5.03. The van der Waals surface area contributed by atoms with Gasteiger partial charge in [0.1, 0.15) is 44.3 Å². The Balaban J connectivity index is 0.000000557. The Morgan fingerprint density at radius 1 is 0.273 bits per heavy atom. The van der Waals surface area contributed by atoms with Crippen LogP contribution in [-0.4, -0.2) is 119 Å². The Hall–Kier alpha value is -6.62. The second-order valence-corrected chi connectivity index (χ2v) is 32.2. The molecule has 558 valence electrons. The topological polar surface area (TPSA) is 304 Å². The quantitative estimate of drug-likeness (QED) is 0.0770. The normalized spacial score (nSPS) is 11.5. The van der Waals surface area contributed by atoms with Gasteiger partial charge >= 0.3 is 0 Å². The molecule has 0 saturated carbocycles. The van der Waals surface area contributed by atoms with Crippen molar-refractivity contribution in [2.24, 2.45) is 0 Å². The van der Waals surface area contributed by atoms with Crippen molar-refractivity contribution in [3.63, 3.8) is 0 Å². The van der Waals surface area contributed by atoms with E-state index in [0.29, 0.717) is 107 Å². The first-order chi connectivity index (χ1) is 46.0. The summed E-state index contributed by atoms with van der Waals surface area (Å²) in [6.45, 7) is 75.1. The van der Waals surface area contributed by atoms with Gasteiger partial charge in [-0.1, -0.05) is 204 Å². The van der Waals surface area contributed by atoms with Gasteiger partial charge in [-0.2, -0.15) is 38.5 Å². The molecule has 0 fully saturated rings. The fraction of sp³-hybridized carbons (Fsp3) is 0.771. The van der Waals surface area contributed by atoms with Crippen molar-refractivity contribution in [1.29, 1.82) is 0 Å². The highest BCUT2D eigenvalue weighted by Crippen LogP contribution is 2.25. The van der Waals surface area contributed by atoms with Crippen molar-refractivity contribution in [3.05, 3.63) is 91.1 Å². The number of hydrogen-bond acceptors (Lipinski definition) is 25. The van der Waals surface area contributed by atoms with Crippen molar-refractivity contribution in [2.75, 3.05) is 0 Å². The Bertz CT molecular complexity index is 2570. The van der Waals surface area contributed by atoms with Crippen molar-refractivity contribution >= 4 is 34.4 Å². The van der Waals surface area contributed by atoms with Gasteiger partial charge < -0.3 is 9.05 Å². The van der Waals surface area contributed by atoms with Gasteiger partial charge in [0.25, 0.3) is 0 Å². The number of rotatable bonds is 18. The van der Waals surface area contributed by atoms with Gasteiger partial charge in [0, 0.05) is 94.9 Å². The molecule has 29 heteroatoms. The molecular formula is C70H128N24O2S3. The first kappa shape index (κ1) is 90.4. The van der Waals surface area contributed by atoms with E-state index in [1.807, 2.05) is 64.8 Å². The molecule has 9 heterocycles. The van der Waals surface area contributed by atoms with Gasteiger partial charge in [0.05, 0.1) is 12.1 Å². The van der Waals surface area contributed by atoms with Gasteiger partial charge in [0.2, 0.25) is 11.8 Å². The Morgan fingerprint density at radius 2 is 0.556 bits per heavy atom. The summed E-state index contributed by atoms with van der Waals surface area (Å²) in [4.78, 5) is 28.9. The minimum absolute atomic E-state index is 0.301. The molecule has 26 nitrogen and oxygen atoms in total. The second kappa shape index (κ2) is 45.3. The summed E-state index contributed by atoms with van der Waals surface area (Å²) in [7, 11) is 0. The molecule has 0 aliphatic heterocycles. The van der Waals surface area contributed by atoms with Crippen LogP contribution in [0.2, 0.25) is 0 Å². The molecule has 0 N–H and O–H groups in total. The summed E-state index contributed by atoms with van der Waals surface area (Å²) in [5.41, 5.74) is 0. The summed E-state index contributed by atoms with van der Waals surface area (Å²) in [5, 5.41) is 53.2. The lowest BCUT2D eigenvalue weighted by molar-refractivity contribution is 0.359. The summed E-state index contributed by atoms with van der Waals surface area (Å²) in [5.74, 6) is 14.4. The van der Waals surface area contributed by atoms with Crippen molar-refractivity contribution in [2.45, 2.75) is 356 Å². The molecule has 9 rings (SSSR count). The number of hydrogen-bond donors (Lipinski definition) is 0. The van der Waals surface area contributed by atoms with Gasteiger partial charge in [-0.15, -0.1) is 41.9 Å².